The maximum atomic E-state index is 13.3. The summed E-state index contributed by atoms with van der Waals surface area (Å²) in [5, 5.41) is 0. The molecule has 2 aromatic rings. The summed E-state index contributed by atoms with van der Waals surface area (Å²) in [7, 11) is 0. The van der Waals surface area contributed by atoms with Gasteiger partial charge in [0, 0.05) is 31.7 Å². The average Bonchev–Trinajstić information content (AvgIpc) is 2.83. The van der Waals surface area contributed by atoms with Crippen LogP contribution in [0.3, 0.4) is 0 Å². The number of likely N-dealkylation sites (tertiary alicyclic amines) is 1. The van der Waals surface area contributed by atoms with Gasteiger partial charge in [0.25, 0.3) is 0 Å². The van der Waals surface area contributed by atoms with Crippen molar-refractivity contribution in [2.75, 3.05) is 31.1 Å². The van der Waals surface area contributed by atoms with E-state index in [-0.39, 0.29) is 18.5 Å². The van der Waals surface area contributed by atoms with E-state index < -0.39 is 5.54 Å². The van der Waals surface area contributed by atoms with Crippen molar-refractivity contribution in [2.45, 2.75) is 38.1 Å². The minimum absolute atomic E-state index is 0.0699. The molecule has 0 atom stereocenters. The number of carbonyl (C=O) groups is 2. The first-order valence-electron chi connectivity index (χ1n) is 11.0. The van der Waals surface area contributed by atoms with Crippen LogP contribution in [0.4, 0.5) is 5.69 Å². The maximum absolute atomic E-state index is 13.3. The third kappa shape index (κ3) is 5.42. The van der Waals surface area contributed by atoms with Crippen LogP contribution in [0.5, 0.6) is 0 Å². The van der Waals surface area contributed by atoms with Gasteiger partial charge in [-0.15, -0.1) is 0 Å². The molecule has 0 bridgehead atoms. The summed E-state index contributed by atoms with van der Waals surface area (Å²) in [5.41, 5.74) is 1.04. The summed E-state index contributed by atoms with van der Waals surface area (Å²) in [6.45, 7) is 8.01. The molecular formula is C26H32N2O3. The standard InChI is InChI=1S/C26H32N2O3/c1-3-21-31-25(30)26(28(24(29)4-2)23-13-9-6-10-14-23)16-19-27(20-17-26)18-15-22-11-7-5-8-12-22/h3,5-14H,1,4,15-21H2,2H3. The second-order valence-corrected chi connectivity index (χ2v) is 7.91. The number of amides is 1. The number of hydrogen-bond donors (Lipinski definition) is 0. The lowest BCUT2D eigenvalue weighted by atomic mass is 9.84. The molecular weight excluding hydrogens is 388 g/mol. The monoisotopic (exact) mass is 420 g/mol. The zero-order valence-corrected chi connectivity index (χ0v) is 18.3. The van der Waals surface area contributed by atoms with Gasteiger partial charge in [0.1, 0.15) is 12.1 Å². The first-order chi connectivity index (χ1) is 15.1. The molecule has 1 amide bonds. The number of anilines is 1. The Morgan fingerprint density at radius 1 is 1.06 bits per heavy atom. The predicted molar refractivity (Wildman–Crippen MR) is 124 cm³/mol. The van der Waals surface area contributed by atoms with E-state index in [1.807, 2.05) is 43.3 Å². The molecule has 0 spiro atoms. The number of piperidine rings is 1. The van der Waals surface area contributed by atoms with E-state index in [1.165, 1.54) is 5.56 Å². The van der Waals surface area contributed by atoms with E-state index in [2.05, 4.69) is 35.7 Å². The fourth-order valence-corrected chi connectivity index (χ4v) is 4.23. The highest BCUT2D eigenvalue weighted by molar-refractivity contribution is 6.02. The van der Waals surface area contributed by atoms with E-state index in [9.17, 15) is 9.59 Å². The van der Waals surface area contributed by atoms with Gasteiger partial charge in [-0.25, -0.2) is 4.79 Å². The first-order valence-corrected chi connectivity index (χ1v) is 11.0. The largest absolute Gasteiger partial charge is 0.460 e. The highest BCUT2D eigenvalue weighted by Crippen LogP contribution is 2.35. The molecule has 5 heteroatoms. The SMILES string of the molecule is C=CCOC(=O)C1(N(C(=O)CC)c2ccccc2)CCN(CCc2ccccc2)CC1. The fraction of sp³-hybridized carbons (Fsp3) is 0.385. The Bertz CT molecular complexity index is 859. The van der Waals surface area contributed by atoms with Gasteiger partial charge in [0.05, 0.1) is 0 Å². The Hall–Kier alpha value is -2.92. The van der Waals surface area contributed by atoms with Gasteiger partial charge in [-0.05, 0) is 37.0 Å². The Morgan fingerprint density at radius 2 is 1.68 bits per heavy atom. The molecule has 1 heterocycles. The van der Waals surface area contributed by atoms with Crippen LogP contribution in [-0.4, -0.2) is 48.6 Å². The number of hydrogen-bond acceptors (Lipinski definition) is 4. The predicted octanol–water partition coefficient (Wildman–Crippen LogP) is 4.24. The fourth-order valence-electron chi connectivity index (χ4n) is 4.23. The summed E-state index contributed by atoms with van der Waals surface area (Å²) >= 11 is 0. The third-order valence-corrected chi connectivity index (χ3v) is 5.95. The third-order valence-electron chi connectivity index (χ3n) is 5.95. The normalized spacial score (nSPS) is 15.8. The van der Waals surface area contributed by atoms with Crippen molar-refractivity contribution in [3.05, 3.63) is 78.9 Å². The molecule has 1 saturated heterocycles. The Labute approximate surface area is 185 Å². The number of ether oxygens (including phenoxy) is 1. The summed E-state index contributed by atoms with van der Waals surface area (Å²) in [4.78, 5) is 30.4. The molecule has 1 fully saturated rings. The summed E-state index contributed by atoms with van der Waals surface area (Å²) < 4.78 is 5.53. The summed E-state index contributed by atoms with van der Waals surface area (Å²) in [6.07, 6.45) is 3.93. The zero-order chi connectivity index (χ0) is 22.1. The minimum Gasteiger partial charge on any atom is -0.460 e. The van der Waals surface area contributed by atoms with Crippen molar-refractivity contribution >= 4 is 17.6 Å². The molecule has 0 saturated carbocycles. The first kappa shape index (κ1) is 22.8. The Kier molecular flexibility index (Phi) is 8.01. The average molecular weight is 421 g/mol. The van der Waals surface area contributed by atoms with E-state index in [1.54, 1.807) is 11.0 Å². The number of rotatable bonds is 9. The quantitative estimate of drug-likeness (QED) is 0.450. The van der Waals surface area contributed by atoms with Crippen LogP contribution in [-0.2, 0) is 20.7 Å². The molecule has 0 N–H and O–H groups in total. The molecule has 1 aliphatic rings. The minimum atomic E-state index is -0.999. The van der Waals surface area contributed by atoms with Crippen LogP contribution in [0.25, 0.3) is 0 Å². The second-order valence-electron chi connectivity index (χ2n) is 7.91. The molecule has 2 aromatic carbocycles. The number of benzene rings is 2. The van der Waals surface area contributed by atoms with Gasteiger partial charge in [0.15, 0.2) is 0 Å². The van der Waals surface area contributed by atoms with E-state index in [4.69, 9.17) is 4.74 Å². The molecule has 0 radical (unpaired) electrons. The zero-order valence-electron chi connectivity index (χ0n) is 18.3. The lowest BCUT2D eigenvalue weighted by Crippen LogP contribution is -2.63. The summed E-state index contributed by atoms with van der Waals surface area (Å²) in [6, 6.07) is 19.9. The highest BCUT2D eigenvalue weighted by Gasteiger charge is 2.49. The van der Waals surface area contributed by atoms with Crippen molar-refractivity contribution in [1.29, 1.82) is 0 Å². The molecule has 164 valence electrons. The lowest BCUT2D eigenvalue weighted by Gasteiger charge is -2.46. The van der Waals surface area contributed by atoms with Gasteiger partial charge in [-0.1, -0.05) is 68.1 Å². The number of esters is 1. The lowest BCUT2D eigenvalue weighted by molar-refractivity contribution is -0.152. The molecule has 0 unspecified atom stereocenters. The van der Waals surface area contributed by atoms with E-state index in [0.717, 1.165) is 31.7 Å². The number of nitrogens with zero attached hydrogens (tertiary/aromatic N) is 2. The second kappa shape index (κ2) is 10.9. The van der Waals surface area contributed by atoms with Crippen molar-refractivity contribution in [1.82, 2.24) is 4.90 Å². The molecule has 3 rings (SSSR count). The van der Waals surface area contributed by atoms with Crippen LogP contribution in [0.1, 0.15) is 31.7 Å². The number of carbonyl (C=O) groups excluding carboxylic acids is 2. The van der Waals surface area contributed by atoms with E-state index in [0.29, 0.717) is 19.3 Å². The molecule has 1 aliphatic heterocycles. The smallest absolute Gasteiger partial charge is 0.332 e. The van der Waals surface area contributed by atoms with Gasteiger partial charge >= 0.3 is 5.97 Å². The Morgan fingerprint density at radius 3 is 2.26 bits per heavy atom. The van der Waals surface area contributed by atoms with Crippen molar-refractivity contribution in [3.63, 3.8) is 0 Å². The van der Waals surface area contributed by atoms with Crippen molar-refractivity contribution in [3.8, 4) is 0 Å². The van der Waals surface area contributed by atoms with Gasteiger partial charge < -0.3 is 9.64 Å². The molecule has 0 aliphatic carbocycles. The van der Waals surface area contributed by atoms with Gasteiger partial charge in [-0.3, -0.25) is 9.69 Å². The van der Waals surface area contributed by atoms with Crippen LogP contribution in [0.15, 0.2) is 73.3 Å². The molecule has 31 heavy (non-hydrogen) atoms. The Balaban J connectivity index is 1.82. The maximum Gasteiger partial charge on any atom is 0.332 e. The topological polar surface area (TPSA) is 49.9 Å². The van der Waals surface area contributed by atoms with E-state index >= 15 is 0 Å². The highest BCUT2D eigenvalue weighted by atomic mass is 16.5. The number of para-hydroxylation sites is 1. The van der Waals surface area contributed by atoms with Gasteiger partial charge in [-0.2, -0.15) is 0 Å². The van der Waals surface area contributed by atoms with Crippen molar-refractivity contribution in [2.24, 2.45) is 0 Å². The van der Waals surface area contributed by atoms with Crippen molar-refractivity contribution < 1.29 is 14.3 Å². The van der Waals surface area contributed by atoms with Gasteiger partial charge in [0.2, 0.25) is 5.91 Å². The van der Waals surface area contributed by atoms with Crippen LogP contribution in [0.2, 0.25) is 0 Å². The van der Waals surface area contributed by atoms with Crippen LogP contribution in [0, 0.1) is 0 Å². The summed E-state index contributed by atoms with van der Waals surface area (Å²) in [5.74, 6) is -0.416. The van der Waals surface area contributed by atoms with Crippen LogP contribution >= 0.6 is 0 Å². The molecule has 5 nitrogen and oxygen atoms in total. The molecule has 0 aromatic heterocycles. The van der Waals surface area contributed by atoms with Crippen LogP contribution < -0.4 is 4.90 Å².